The predicted molar refractivity (Wildman–Crippen MR) is 48.5 cm³/mol. The van der Waals surface area contributed by atoms with Crippen LogP contribution < -0.4 is 0 Å². The number of rotatable bonds is 2. The van der Waals surface area contributed by atoms with Crippen LogP contribution in [0.5, 0.6) is 0 Å². The Morgan fingerprint density at radius 1 is 1.23 bits per heavy atom. The van der Waals surface area contributed by atoms with E-state index in [1.165, 1.54) is 0 Å². The SMILES string of the molecule is OC1CCOC(CC2CCOC2)C1. The monoisotopic (exact) mass is 186 g/mol. The van der Waals surface area contributed by atoms with Gasteiger partial charge >= 0.3 is 0 Å². The lowest BCUT2D eigenvalue weighted by molar-refractivity contribution is -0.0527. The maximum absolute atomic E-state index is 9.44. The Kier molecular flexibility index (Phi) is 3.19. The summed E-state index contributed by atoms with van der Waals surface area (Å²) in [5.74, 6) is 0.662. The van der Waals surface area contributed by atoms with E-state index >= 15 is 0 Å². The largest absolute Gasteiger partial charge is 0.393 e. The Labute approximate surface area is 79.0 Å². The summed E-state index contributed by atoms with van der Waals surface area (Å²) in [5, 5.41) is 9.44. The maximum Gasteiger partial charge on any atom is 0.0603 e. The normalized spacial score (nSPS) is 40.8. The molecule has 0 saturated carbocycles. The lowest BCUT2D eigenvalue weighted by Gasteiger charge is -2.27. The minimum Gasteiger partial charge on any atom is -0.393 e. The fourth-order valence-corrected chi connectivity index (χ4v) is 2.17. The molecule has 1 N–H and O–H groups in total. The Balaban J connectivity index is 1.73. The van der Waals surface area contributed by atoms with Crippen LogP contribution in [0.1, 0.15) is 25.7 Å². The molecule has 2 heterocycles. The Morgan fingerprint density at radius 3 is 2.85 bits per heavy atom. The molecule has 0 aromatic carbocycles. The van der Waals surface area contributed by atoms with E-state index in [0.29, 0.717) is 5.92 Å². The molecule has 76 valence electrons. The van der Waals surface area contributed by atoms with Gasteiger partial charge in [-0.1, -0.05) is 0 Å². The van der Waals surface area contributed by atoms with Crippen LogP contribution in [0.25, 0.3) is 0 Å². The summed E-state index contributed by atoms with van der Waals surface area (Å²) < 4.78 is 10.9. The van der Waals surface area contributed by atoms with E-state index in [4.69, 9.17) is 9.47 Å². The highest BCUT2D eigenvalue weighted by atomic mass is 16.5. The van der Waals surface area contributed by atoms with Crippen LogP contribution in [0.15, 0.2) is 0 Å². The smallest absolute Gasteiger partial charge is 0.0603 e. The van der Waals surface area contributed by atoms with Crippen molar-refractivity contribution in [1.82, 2.24) is 0 Å². The second-order valence-corrected chi connectivity index (χ2v) is 4.14. The zero-order valence-electron chi connectivity index (χ0n) is 7.95. The fourth-order valence-electron chi connectivity index (χ4n) is 2.17. The quantitative estimate of drug-likeness (QED) is 0.698. The van der Waals surface area contributed by atoms with Gasteiger partial charge in [0.05, 0.1) is 12.2 Å². The van der Waals surface area contributed by atoms with E-state index in [9.17, 15) is 5.11 Å². The van der Waals surface area contributed by atoms with Gasteiger partial charge in [0.25, 0.3) is 0 Å². The Bertz CT molecular complexity index is 154. The van der Waals surface area contributed by atoms with Crippen molar-refractivity contribution in [2.24, 2.45) is 5.92 Å². The zero-order chi connectivity index (χ0) is 9.10. The lowest BCUT2D eigenvalue weighted by atomic mass is 9.95. The number of aliphatic hydroxyl groups excluding tert-OH is 1. The molecule has 2 aliphatic rings. The van der Waals surface area contributed by atoms with Gasteiger partial charge in [-0.25, -0.2) is 0 Å². The molecular weight excluding hydrogens is 168 g/mol. The summed E-state index contributed by atoms with van der Waals surface area (Å²) >= 11 is 0. The minimum atomic E-state index is -0.138. The van der Waals surface area contributed by atoms with Crippen LogP contribution in [-0.2, 0) is 9.47 Å². The van der Waals surface area contributed by atoms with Gasteiger partial charge < -0.3 is 14.6 Å². The highest BCUT2D eigenvalue weighted by Gasteiger charge is 2.25. The van der Waals surface area contributed by atoms with Gasteiger partial charge in [-0.05, 0) is 31.6 Å². The molecule has 2 fully saturated rings. The summed E-state index contributed by atoms with van der Waals surface area (Å²) in [4.78, 5) is 0. The summed E-state index contributed by atoms with van der Waals surface area (Å²) in [6.07, 6.45) is 3.98. The van der Waals surface area contributed by atoms with Crippen molar-refractivity contribution in [3.63, 3.8) is 0 Å². The van der Waals surface area contributed by atoms with Crippen molar-refractivity contribution in [1.29, 1.82) is 0 Å². The summed E-state index contributed by atoms with van der Waals surface area (Å²) in [7, 11) is 0. The lowest BCUT2D eigenvalue weighted by Crippen LogP contribution is -2.30. The van der Waals surface area contributed by atoms with Crippen molar-refractivity contribution >= 4 is 0 Å². The van der Waals surface area contributed by atoms with E-state index in [0.717, 1.165) is 45.5 Å². The first-order valence-corrected chi connectivity index (χ1v) is 5.22. The summed E-state index contributed by atoms with van der Waals surface area (Å²) in [5.41, 5.74) is 0. The third kappa shape index (κ3) is 2.66. The third-order valence-corrected chi connectivity index (χ3v) is 2.96. The van der Waals surface area contributed by atoms with Crippen LogP contribution in [0.3, 0.4) is 0 Å². The van der Waals surface area contributed by atoms with Gasteiger partial charge in [0.2, 0.25) is 0 Å². The molecule has 3 heteroatoms. The average molecular weight is 186 g/mol. The van der Waals surface area contributed by atoms with Crippen LogP contribution in [0, 0.1) is 5.92 Å². The van der Waals surface area contributed by atoms with Crippen molar-refractivity contribution in [3.05, 3.63) is 0 Å². The van der Waals surface area contributed by atoms with E-state index in [1.54, 1.807) is 0 Å². The van der Waals surface area contributed by atoms with E-state index in [2.05, 4.69) is 0 Å². The van der Waals surface area contributed by atoms with Crippen LogP contribution in [-0.4, -0.2) is 37.1 Å². The van der Waals surface area contributed by atoms with Gasteiger partial charge in [-0.15, -0.1) is 0 Å². The van der Waals surface area contributed by atoms with Crippen molar-refractivity contribution < 1.29 is 14.6 Å². The molecular formula is C10H18O3. The standard InChI is InChI=1S/C10H18O3/c11-9-2-4-13-10(6-9)5-8-1-3-12-7-8/h8-11H,1-7H2. The first-order valence-electron chi connectivity index (χ1n) is 5.22. The van der Waals surface area contributed by atoms with Crippen molar-refractivity contribution in [2.45, 2.75) is 37.9 Å². The minimum absolute atomic E-state index is 0.138. The summed E-state index contributed by atoms with van der Waals surface area (Å²) in [6, 6.07) is 0. The molecule has 2 saturated heterocycles. The number of hydrogen-bond acceptors (Lipinski definition) is 3. The number of hydrogen-bond donors (Lipinski definition) is 1. The Morgan fingerprint density at radius 2 is 2.15 bits per heavy atom. The number of ether oxygens (including phenoxy) is 2. The second kappa shape index (κ2) is 4.40. The maximum atomic E-state index is 9.44. The zero-order valence-corrected chi connectivity index (χ0v) is 7.95. The average Bonchev–Trinajstić information content (AvgIpc) is 2.57. The molecule has 2 aliphatic heterocycles. The predicted octanol–water partition coefficient (Wildman–Crippen LogP) is 0.953. The number of aliphatic hydroxyl groups is 1. The van der Waals surface area contributed by atoms with E-state index in [-0.39, 0.29) is 12.2 Å². The molecule has 0 spiro atoms. The molecule has 0 aliphatic carbocycles. The van der Waals surface area contributed by atoms with E-state index in [1.807, 2.05) is 0 Å². The molecule has 0 bridgehead atoms. The highest BCUT2D eigenvalue weighted by molar-refractivity contribution is 4.75. The first kappa shape index (κ1) is 9.44. The van der Waals surface area contributed by atoms with Gasteiger partial charge in [-0.3, -0.25) is 0 Å². The molecule has 3 atom stereocenters. The van der Waals surface area contributed by atoms with E-state index < -0.39 is 0 Å². The molecule has 3 unspecified atom stereocenters. The van der Waals surface area contributed by atoms with Crippen LogP contribution >= 0.6 is 0 Å². The topological polar surface area (TPSA) is 38.7 Å². The molecule has 3 nitrogen and oxygen atoms in total. The fraction of sp³-hybridized carbons (Fsp3) is 1.00. The molecule has 0 aromatic heterocycles. The molecule has 0 radical (unpaired) electrons. The highest BCUT2D eigenvalue weighted by Crippen LogP contribution is 2.24. The molecule has 13 heavy (non-hydrogen) atoms. The van der Waals surface area contributed by atoms with Gasteiger partial charge in [0.1, 0.15) is 0 Å². The van der Waals surface area contributed by atoms with Crippen molar-refractivity contribution in [3.8, 4) is 0 Å². The first-order chi connectivity index (χ1) is 6.34. The summed E-state index contributed by atoms with van der Waals surface area (Å²) in [6.45, 7) is 2.51. The van der Waals surface area contributed by atoms with Crippen molar-refractivity contribution in [2.75, 3.05) is 19.8 Å². The van der Waals surface area contributed by atoms with Gasteiger partial charge in [-0.2, -0.15) is 0 Å². The molecule has 0 amide bonds. The van der Waals surface area contributed by atoms with Gasteiger partial charge in [0, 0.05) is 19.8 Å². The Hall–Kier alpha value is -0.120. The van der Waals surface area contributed by atoms with Crippen LogP contribution in [0.2, 0.25) is 0 Å². The van der Waals surface area contributed by atoms with Gasteiger partial charge in [0.15, 0.2) is 0 Å². The van der Waals surface area contributed by atoms with Crippen LogP contribution in [0.4, 0.5) is 0 Å². The molecule has 0 aromatic rings. The molecule has 2 rings (SSSR count). The third-order valence-electron chi connectivity index (χ3n) is 2.96. The second-order valence-electron chi connectivity index (χ2n) is 4.14.